The molecule has 0 aliphatic carbocycles. The molecule has 1 aromatic carbocycles. The number of hydrogen-bond donors (Lipinski definition) is 2. The monoisotopic (exact) mass is 291 g/mol. The Bertz CT molecular complexity index is 523. The van der Waals surface area contributed by atoms with Gasteiger partial charge in [0.2, 0.25) is 0 Å². The normalized spacial score (nSPS) is 21.9. The van der Waals surface area contributed by atoms with Crippen LogP contribution in [0.25, 0.3) is 0 Å². The standard InChI is InChI=1S/C15H21N3O3/c1-10-7-18(8-11(2)17-10)15(20)12-5-3-4-6-13(12)21-9-14(16)19/h3-6,10-11,17H,7-9H2,1-2H3,(H2,16,19)/t10-,11+. The van der Waals surface area contributed by atoms with Crippen LogP contribution in [0.5, 0.6) is 5.75 Å². The summed E-state index contributed by atoms with van der Waals surface area (Å²) in [4.78, 5) is 25.3. The lowest BCUT2D eigenvalue weighted by molar-refractivity contribution is -0.119. The Morgan fingerprint density at radius 3 is 2.52 bits per heavy atom. The lowest BCUT2D eigenvalue weighted by atomic mass is 10.1. The molecule has 1 aliphatic rings. The number of carbonyl (C=O) groups excluding carboxylic acids is 2. The third kappa shape index (κ3) is 3.95. The molecule has 1 fully saturated rings. The molecule has 0 bridgehead atoms. The van der Waals surface area contributed by atoms with Crippen molar-refractivity contribution in [2.45, 2.75) is 25.9 Å². The molecule has 0 unspecified atom stereocenters. The fourth-order valence-corrected chi connectivity index (χ4v) is 2.58. The highest BCUT2D eigenvalue weighted by atomic mass is 16.5. The van der Waals surface area contributed by atoms with Crippen LogP contribution in [0.1, 0.15) is 24.2 Å². The van der Waals surface area contributed by atoms with Gasteiger partial charge in [0.1, 0.15) is 5.75 Å². The molecule has 21 heavy (non-hydrogen) atoms. The molecule has 6 heteroatoms. The molecule has 1 aliphatic heterocycles. The van der Waals surface area contributed by atoms with Crippen molar-refractivity contribution in [1.29, 1.82) is 0 Å². The van der Waals surface area contributed by atoms with Crippen LogP contribution in [0.3, 0.4) is 0 Å². The van der Waals surface area contributed by atoms with Crippen LogP contribution in [0.15, 0.2) is 24.3 Å². The van der Waals surface area contributed by atoms with E-state index in [2.05, 4.69) is 5.32 Å². The maximum Gasteiger partial charge on any atom is 0.257 e. The van der Waals surface area contributed by atoms with Gasteiger partial charge < -0.3 is 20.7 Å². The molecule has 3 N–H and O–H groups in total. The first-order chi connectivity index (χ1) is 9.97. The number of benzene rings is 1. The fourth-order valence-electron chi connectivity index (χ4n) is 2.58. The number of hydrogen-bond acceptors (Lipinski definition) is 4. The maximum absolute atomic E-state index is 12.7. The van der Waals surface area contributed by atoms with E-state index in [1.807, 2.05) is 13.8 Å². The van der Waals surface area contributed by atoms with Gasteiger partial charge in [-0.3, -0.25) is 9.59 Å². The summed E-state index contributed by atoms with van der Waals surface area (Å²) < 4.78 is 5.33. The molecule has 1 heterocycles. The second-order valence-electron chi connectivity index (χ2n) is 5.43. The van der Waals surface area contributed by atoms with Gasteiger partial charge in [-0.1, -0.05) is 12.1 Å². The Kier molecular flexibility index (Phi) is 4.80. The minimum atomic E-state index is -0.568. The van der Waals surface area contributed by atoms with Crippen molar-refractivity contribution in [3.63, 3.8) is 0 Å². The Morgan fingerprint density at radius 2 is 1.90 bits per heavy atom. The van der Waals surface area contributed by atoms with Crippen molar-refractivity contribution < 1.29 is 14.3 Å². The lowest BCUT2D eigenvalue weighted by Crippen LogP contribution is -2.55. The molecule has 0 radical (unpaired) electrons. The summed E-state index contributed by atoms with van der Waals surface area (Å²) in [5.41, 5.74) is 5.54. The number of ether oxygens (including phenoxy) is 1. The van der Waals surface area contributed by atoms with Crippen molar-refractivity contribution in [2.24, 2.45) is 5.73 Å². The average molecular weight is 291 g/mol. The zero-order valence-corrected chi connectivity index (χ0v) is 12.3. The van der Waals surface area contributed by atoms with Gasteiger partial charge in [-0.05, 0) is 26.0 Å². The maximum atomic E-state index is 12.7. The Balaban J connectivity index is 2.16. The number of para-hydroxylation sites is 1. The van der Waals surface area contributed by atoms with Gasteiger partial charge in [-0.25, -0.2) is 0 Å². The van der Waals surface area contributed by atoms with Crippen molar-refractivity contribution in [2.75, 3.05) is 19.7 Å². The molecule has 2 amide bonds. The summed E-state index contributed by atoms with van der Waals surface area (Å²) >= 11 is 0. The second-order valence-corrected chi connectivity index (χ2v) is 5.43. The Hall–Kier alpha value is -2.08. The number of rotatable bonds is 4. The van der Waals surface area contributed by atoms with Gasteiger partial charge in [0.05, 0.1) is 5.56 Å². The number of piperazine rings is 1. The van der Waals surface area contributed by atoms with Gasteiger partial charge in [-0.15, -0.1) is 0 Å². The van der Waals surface area contributed by atoms with E-state index < -0.39 is 5.91 Å². The van der Waals surface area contributed by atoms with Crippen LogP contribution in [0.2, 0.25) is 0 Å². The summed E-state index contributed by atoms with van der Waals surface area (Å²) in [6.07, 6.45) is 0. The number of carbonyl (C=O) groups is 2. The van der Waals surface area contributed by atoms with Gasteiger partial charge >= 0.3 is 0 Å². The lowest BCUT2D eigenvalue weighted by Gasteiger charge is -2.36. The number of nitrogens with zero attached hydrogens (tertiary/aromatic N) is 1. The summed E-state index contributed by atoms with van der Waals surface area (Å²) in [6.45, 7) is 5.15. The van der Waals surface area contributed by atoms with Crippen LogP contribution in [0.4, 0.5) is 0 Å². The predicted octanol–water partition coefficient (Wildman–Crippen LogP) is 0.373. The van der Waals surface area contributed by atoms with E-state index >= 15 is 0 Å². The van der Waals surface area contributed by atoms with Gasteiger partial charge in [0.25, 0.3) is 11.8 Å². The minimum absolute atomic E-state index is 0.0877. The van der Waals surface area contributed by atoms with E-state index in [9.17, 15) is 9.59 Å². The van der Waals surface area contributed by atoms with Crippen molar-refractivity contribution in [3.8, 4) is 5.75 Å². The van der Waals surface area contributed by atoms with E-state index in [1.165, 1.54) is 0 Å². The molecule has 2 rings (SSSR count). The molecule has 0 aromatic heterocycles. The minimum Gasteiger partial charge on any atom is -0.483 e. The van der Waals surface area contributed by atoms with Crippen LogP contribution < -0.4 is 15.8 Å². The number of amides is 2. The van der Waals surface area contributed by atoms with Crippen molar-refractivity contribution in [1.82, 2.24) is 10.2 Å². The van der Waals surface area contributed by atoms with Crippen LogP contribution >= 0.6 is 0 Å². The van der Waals surface area contributed by atoms with Crippen molar-refractivity contribution in [3.05, 3.63) is 29.8 Å². The van der Waals surface area contributed by atoms with Crippen LogP contribution in [-0.2, 0) is 4.79 Å². The summed E-state index contributed by atoms with van der Waals surface area (Å²) in [7, 11) is 0. The second kappa shape index (κ2) is 6.58. The molecule has 1 aromatic rings. The molecule has 0 spiro atoms. The first kappa shape index (κ1) is 15.3. The highest BCUT2D eigenvalue weighted by molar-refractivity contribution is 5.97. The van der Waals surface area contributed by atoms with E-state index in [0.717, 1.165) is 0 Å². The molecule has 0 saturated carbocycles. The first-order valence-electron chi connectivity index (χ1n) is 7.03. The molecular formula is C15H21N3O3. The first-order valence-corrected chi connectivity index (χ1v) is 7.03. The molecule has 2 atom stereocenters. The van der Waals surface area contributed by atoms with E-state index in [1.54, 1.807) is 29.2 Å². The zero-order valence-electron chi connectivity index (χ0n) is 12.3. The Labute approximate surface area is 124 Å². The van der Waals surface area contributed by atoms with E-state index in [4.69, 9.17) is 10.5 Å². The molecule has 114 valence electrons. The highest BCUT2D eigenvalue weighted by Gasteiger charge is 2.27. The zero-order chi connectivity index (χ0) is 15.4. The van der Waals surface area contributed by atoms with Gasteiger partial charge in [0, 0.05) is 25.2 Å². The predicted molar refractivity (Wildman–Crippen MR) is 79.1 cm³/mol. The van der Waals surface area contributed by atoms with E-state index in [-0.39, 0.29) is 24.6 Å². The number of nitrogens with two attached hydrogens (primary N) is 1. The third-order valence-electron chi connectivity index (χ3n) is 3.33. The summed E-state index contributed by atoms with van der Waals surface area (Å²) in [6, 6.07) is 7.41. The highest BCUT2D eigenvalue weighted by Crippen LogP contribution is 2.21. The van der Waals surface area contributed by atoms with Gasteiger partial charge in [0.15, 0.2) is 6.61 Å². The van der Waals surface area contributed by atoms with E-state index in [0.29, 0.717) is 24.4 Å². The molecular weight excluding hydrogens is 270 g/mol. The topological polar surface area (TPSA) is 84.7 Å². The Morgan fingerprint density at radius 1 is 1.29 bits per heavy atom. The quantitative estimate of drug-likeness (QED) is 0.839. The van der Waals surface area contributed by atoms with Gasteiger partial charge in [-0.2, -0.15) is 0 Å². The molecule has 1 saturated heterocycles. The largest absolute Gasteiger partial charge is 0.483 e. The number of primary amides is 1. The molecule has 6 nitrogen and oxygen atoms in total. The average Bonchev–Trinajstić information content (AvgIpc) is 2.43. The van der Waals surface area contributed by atoms with Crippen LogP contribution in [-0.4, -0.2) is 48.5 Å². The third-order valence-corrected chi connectivity index (χ3v) is 3.33. The summed E-state index contributed by atoms with van der Waals surface area (Å²) in [5, 5.41) is 3.38. The summed E-state index contributed by atoms with van der Waals surface area (Å²) in [5.74, 6) is -0.267. The van der Waals surface area contributed by atoms with Crippen LogP contribution in [0, 0.1) is 0 Å². The smallest absolute Gasteiger partial charge is 0.257 e. The fraction of sp³-hybridized carbons (Fsp3) is 0.467. The SMILES string of the molecule is C[C@@H]1CN(C(=O)c2ccccc2OCC(N)=O)C[C@H](C)N1. The van der Waals surface area contributed by atoms with Crippen molar-refractivity contribution >= 4 is 11.8 Å². The number of nitrogens with one attached hydrogen (secondary N) is 1.